The van der Waals surface area contributed by atoms with Gasteiger partial charge in [-0.3, -0.25) is 4.79 Å². The molecule has 0 atom stereocenters. The lowest BCUT2D eigenvalue weighted by atomic mass is 9.99. The number of carbonyl (C=O) groups excluding carboxylic acids is 1. The third-order valence-electron chi connectivity index (χ3n) is 5.44. The topological polar surface area (TPSA) is 142 Å². The summed E-state index contributed by atoms with van der Waals surface area (Å²) in [5.74, 6) is -0.704. The van der Waals surface area contributed by atoms with Crippen LogP contribution in [-0.2, 0) is 6.61 Å². The summed E-state index contributed by atoms with van der Waals surface area (Å²) in [7, 11) is 0. The van der Waals surface area contributed by atoms with Gasteiger partial charge in [-0.05, 0) is 46.7 Å². The van der Waals surface area contributed by atoms with E-state index < -0.39 is 11.7 Å². The van der Waals surface area contributed by atoms with Gasteiger partial charge in [-0.2, -0.15) is 9.78 Å². The minimum absolute atomic E-state index is 0.00917. The zero-order valence-electron chi connectivity index (χ0n) is 19.1. The van der Waals surface area contributed by atoms with Gasteiger partial charge in [-0.15, -0.1) is 10.2 Å². The second-order valence-electron chi connectivity index (χ2n) is 7.78. The predicted octanol–water partition coefficient (Wildman–Crippen LogP) is 5.23. The molecular formula is C26H18N8O3. The number of phenols is 1. The second-order valence-corrected chi connectivity index (χ2v) is 7.78. The average molecular weight is 490 g/mol. The van der Waals surface area contributed by atoms with E-state index in [-0.39, 0.29) is 35.3 Å². The fourth-order valence-corrected chi connectivity index (χ4v) is 3.70. The average Bonchev–Trinajstić information content (AvgIpc) is 3.35. The lowest BCUT2D eigenvalue weighted by Crippen LogP contribution is -2.12. The molecule has 0 unspecified atom stereocenters. The van der Waals surface area contributed by atoms with E-state index in [4.69, 9.17) is 6.57 Å². The number of anilines is 1. The second kappa shape index (κ2) is 10.0. The molecule has 0 fully saturated rings. The number of para-hydroxylation sites is 1. The van der Waals surface area contributed by atoms with Crippen LogP contribution >= 0.6 is 0 Å². The Morgan fingerprint density at radius 3 is 2.57 bits per heavy atom. The number of nitrogens with one attached hydrogen (secondary N) is 1. The molecule has 180 valence electrons. The van der Waals surface area contributed by atoms with Gasteiger partial charge in [-0.25, -0.2) is 14.8 Å². The molecule has 5 aromatic rings. The number of aliphatic hydroxyl groups excluding tert-OH is 1. The van der Waals surface area contributed by atoms with Crippen LogP contribution in [0.4, 0.5) is 22.9 Å². The zero-order chi connectivity index (χ0) is 25.8. The lowest BCUT2D eigenvalue weighted by Gasteiger charge is -2.13. The number of fused-ring (bicyclic) bond motifs is 1. The van der Waals surface area contributed by atoms with E-state index in [1.54, 1.807) is 54.6 Å². The zero-order valence-corrected chi connectivity index (χ0v) is 19.1. The summed E-state index contributed by atoms with van der Waals surface area (Å²) in [5, 5.41) is 37.0. The van der Waals surface area contributed by atoms with Crippen LogP contribution in [0.2, 0.25) is 0 Å². The first kappa shape index (κ1) is 23.3. The molecule has 2 heterocycles. The highest BCUT2D eigenvalue weighted by Crippen LogP contribution is 2.39. The molecule has 2 aromatic heterocycles. The number of nitrogens with zero attached hydrogens (tertiary/aromatic N) is 7. The fraction of sp³-hybridized carbons (Fsp3) is 0.0385. The van der Waals surface area contributed by atoms with Gasteiger partial charge in [0.2, 0.25) is 0 Å². The summed E-state index contributed by atoms with van der Waals surface area (Å²) in [6.45, 7) is 7.23. The van der Waals surface area contributed by atoms with E-state index >= 15 is 0 Å². The molecule has 0 radical (unpaired) electrons. The molecule has 0 spiro atoms. The molecule has 3 aromatic carbocycles. The van der Waals surface area contributed by atoms with Gasteiger partial charge in [0, 0.05) is 18.1 Å². The normalized spacial score (nSPS) is 11.0. The van der Waals surface area contributed by atoms with Gasteiger partial charge in [0.15, 0.2) is 11.6 Å². The molecule has 0 aliphatic rings. The fourth-order valence-electron chi connectivity index (χ4n) is 3.70. The SMILES string of the molecule is [C-]#[N+]c1cnn(-c2ncccn2)c1/N=N/c1cc2cc(CO)ccc2c(C(=O)Nc2ccccc2)c1O. The quantitative estimate of drug-likeness (QED) is 0.220. The maximum atomic E-state index is 13.3. The van der Waals surface area contributed by atoms with Gasteiger partial charge < -0.3 is 15.5 Å². The van der Waals surface area contributed by atoms with Gasteiger partial charge in [0.1, 0.15) is 5.69 Å². The van der Waals surface area contributed by atoms with Crippen LogP contribution in [0.5, 0.6) is 5.75 Å². The van der Waals surface area contributed by atoms with Crippen molar-refractivity contribution in [3.63, 3.8) is 0 Å². The molecule has 37 heavy (non-hydrogen) atoms. The summed E-state index contributed by atoms with van der Waals surface area (Å²) < 4.78 is 1.25. The standard InChI is InChI=1S/C26H18N8O3/c1-27-21-14-30-34(26-28-10-5-11-29-26)24(21)33-32-20-13-17-12-16(15-35)8-9-19(17)22(23(20)36)25(37)31-18-6-3-2-4-7-18/h2-14,35-36H,15H2,(H,31,37)/b33-32+. The van der Waals surface area contributed by atoms with Crippen LogP contribution in [0, 0.1) is 6.57 Å². The smallest absolute Gasteiger partial charge is 0.260 e. The molecule has 0 aliphatic carbocycles. The van der Waals surface area contributed by atoms with Crippen molar-refractivity contribution in [1.82, 2.24) is 19.7 Å². The van der Waals surface area contributed by atoms with Crippen molar-refractivity contribution in [3.8, 4) is 11.7 Å². The number of hydrogen-bond acceptors (Lipinski definition) is 8. The number of aliphatic hydroxyl groups is 1. The van der Waals surface area contributed by atoms with Crippen molar-refractivity contribution in [2.24, 2.45) is 10.2 Å². The number of amides is 1. The van der Waals surface area contributed by atoms with E-state index in [9.17, 15) is 15.0 Å². The maximum Gasteiger partial charge on any atom is 0.260 e. The van der Waals surface area contributed by atoms with E-state index in [1.807, 2.05) is 6.07 Å². The minimum atomic E-state index is -0.549. The van der Waals surface area contributed by atoms with E-state index in [2.05, 4.69) is 35.5 Å². The van der Waals surface area contributed by atoms with Crippen molar-refractivity contribution in [2.75, 3.05) is 5.32 Å². The van der Waals surface area contributed by atoms with E-state index in [0.717, 1.165) is 0 Å². The number of azo groups is 1. The summed E-state index contributed by atoms with van der Waals surface area (Å²) in [5.41, 5.74) is 1.24. The first-order chi connectivity index (χ1) is 18.1. The van der Waals surface area contributed by atoms with Crippen LogP contribution in [0.15, 0.2) is 89.5 Å². The number of rotatable bonds is 6. The monoisotopic (exact) mass is 490 g/mol. The molecule has 5 rings (SSSR count). The third-order valence-corrected chi connectivity index (χ3v) is 5.44. The highest BCUT2D eigenvalue weighted by molar-refractivity contribution is 6.16. The van der Waals surface area contributed by atoms with Crippen molar-refractivity contribution >= 4 is 39.6 Å². The van der Waals surface area contributed by atoms with Crippen LogP contribution in [-0.4, -0.2) is 35.9 Å². The van der Waals surface area contributed by atoms with Crippen molar-refractivity contribution in [3.05, 3.63) is 102 Å². The Labute approximate surface area is 210 Å². The number of carbonyl (C=O) groups is 1. The molecule has 0 aliphatic heterocycles. The number of hydrogen-bond donors (Lipinski definition) is 3. The van der Waals surface area contributed by atoms with Gasteiger partial charge in [-0.1, -0.05) is 30.3 Å². The van der Waals surface area contributed by atoms with Crippen molar-refractivity contribution < 1.29 is 15.0 Å². The van der Waals surface area contributed by atoms with Crippen LogP contribution in [0.1, 0.15) is 15.9 Å². The van der Waals surface area contributed by atoms with Gasteiger partial charge >= 0.3 is 0 Å². The number of benzene rings is 3. The Morgan fingerprint density at radius 2 is 1.84 bits per heavy atom. The molecule has 0 bridgehead atoms. The number of phenolic OH excluding ortho intramolecular Hbond substituents is 1. The van der Waals surface area contributed by atoms with Gasteiger partial charge in [0.05, 0.1) is 24.9 Å². The first-order valence-corrected chi connectivity index (χ1v) is 11.0. The predicted molar refractivity (Wildman–Crippen MR) is 136 cm³/mol. The van der Waals surface area contributed by atoms with Crippen molar-refractivity contribution in [1.29, 1.82) is 0 Å². The van der Waals surface area contributed by atoms with Crippen LogP contribution in [0.3, 0.4) is 0 Å². The molecule has 0 saturated heterocycles. The first-order valence-electron chi connectivity index (χ1n) is 11.0. The largest absolute Gasteiger partial charge is 0.505 e. The Bertz CT molecular complexity index is 1680. The van der Waals surface area contributed by atoms with E-state index in [1.165, 1.54) is 23.3 Å². The maximum absolute atomic E-state index is 13.3. The number of aromatic nitrogens is 4. The Kier molecular flexibility index (Phi) is 6.31. The molecule has 11 heteroatoms. The van der Waals surface area contributed by atoms with Crippen LogP contribution in [0.25, 0.3) is 21.6 Å². The van der Waals surface area contributed by atoms with Crippen LogP contribution < -0.4 is 5.32 Å². The van der Waals surface area contributed by atoms with Crippen molar-refractivity contribution in [2.45, 2.75) is 6.61 Å². The highest BCUT2D eigenvalue weighted by Gasteiger charge is 2.21. The minimum Gasteiger partial charge on any atom is -0.505 e. The Balaban J connectivity index is 1.63. The Morgan fingerprint density at radius 1 is 1.05 bits per heavy atom. The van der Waals surface area contributed by atoms with Gasteiger partial charge in [0.25, 0.3) is 17.5 Å². The lowest BCUT2D eigenvalue weighted by molar-refractivity contribution is 0.102. The molecule has 0 saturated carbocycles. The summed E-state index contributed by atoms with van der Waals surface area (Å²) >= 11 is 0. The van der Waals surface area contributed by atoms with E-state index in [0.29, 0.717) is 22.0 Å². The molecule has 3 N–H and O–H groups in total. The summed E-state index contributed by atoms with van der Waals surface area (Å²) in [4.78, 5) is 24.9. The molecule has 1 amide bonds. The highest BCUT2D eigenvalue weighted by atomic mass is 16.3. The molecule has 11 nitrogen and oxygen atoms in total. The summed E-state index contributed by atoms with van der Waals surface area (Å²) in [6, 6.07) is 17.0. The summed E-state index contributed by atoms with van der Waals surface area (Å²) in [6.07, 6.45) is 4.35. The third kappa shape index (κ3) is 4.60. The Hall–Kier alpha value is -5.47. The molecular weight excluding hydrogens is 472 g/mol. The number of aromatic hydroxyl groups is 1.